The molecule has 1 heterocycles. The van der Waals surface area contributed by atoms with Gasteiger partial charge in [-0.2, -0.15) is 0 Å². The average Bonchev–Trinajstić information content (AvgIpc) is 2.92. The lowest BCUT2D eigenvalue weighted by atomic mass is 10.1. The number of methoxy groups -OCH3 is 1. The molecule has 4 nitrogen and oxygen atoms in total. The molecule has 0 atom stereocenters. The summed E-state index contributed by atoms with van der Waals surface area (Å²) in [5.41, 5.74) is 4.62. The van der Waals surface area contributed by atoms with Crippen molar-refractivity contribution >= 4 is 11.6 Å². The van der Waals surface area contributed by atoms with Gasteiger partial charge in [0.15, 0.2) is 0 Å². The van der Waals surface area contributed by atoms with E-state index in [-0.39, 0.29) is 11.7 Å². The van der Waals surface area contributed by atoms with Crippen LogP contribution in [0, 0.1) is 26.6 Å². The highest BCUT2D eigenvalue weighted by atomic mass is 19.1. The van der Waals surface area contributed by atoms with Crippen molar-refractivity contribution in [3.63, 3.8) is 0 Å². The number of carbonyl (C=O) groups excluding carboxylic acids is 1. The van der Waals surface area contributed by atoms with E-state index in [1.807, 2.05) is 48.7 Å². The summed E-state index contributed by atoms with van der Waals surface area (Å²) in [6, 6.07) is 13.8. The number of anilines is 1. The van der Waals surface area contributed by atoms with Gasteiger partial charge >= 0.3 is 0 Å². The number of hydrogen-bond acceptors (Lipinski definition) is 2. The van der Waals surface area contributed by atoms with Crippen LogP contribution in [0.5, 0.6) is 5.75 Å². The van der Waals surface area contributed by atoms with Crippen LogP contribution in [0.2, 0.25) is 0 Å². The number of halogens is 1. The van der Waals surface area contributed by atoms with Crippen molar-refractivity contribution in [1.82, 2.24) is 4.57 Å². The highest BCUT2D eigenvalue weighted by Crippen LogP contribution is 2.24. The van der Waals surface area contributed by atoms with Crippen LogP contribution in [0.1, 0.15) is 27.3 Å². The van der Waals surface area contributed by atoms with Gasteiger partial charge in [0.25, 0.3) is 5.91 Å². The summed E-state index contributed by atoms with van der Waals surface area (Å²) in [5.74, 6) is 0.242. The van der Waals surface area contributed by atoms with Crippen LogP contribution in [0.4, 0.5) is 10.1 Å². The van der Waals surface area contributed by atoms with Crippen LogP contribution in [0.25, 0.3) is 5.69 Å². The van der Waals surface area contributed by atoms with Gasteiger partial charge in [-0.05, 0) is 74.9 Å². The normalized spacial score (nSPS) is 10.7. The molecule has 0 bridgehead atoms. The van der Waals surface area contributed by atoms with Crippen LogP contribution in [-0.2, 0) is 0 Å². The van der Waals surface area contributed by atoms with E-state index in [0.717, 1.165) is 22.8 Å². The van der Waals surface area contributed by atoms with Gasteiger partial charge in [0.1, 0.15) is 11.6 Å². The smallest absolute Gasteiger partial charge is 0.257 e. The van der Waals surface area contributed by atoms with Crippen LogP contribution in [0.3, 0.4) is 0 Å². The predicted octanol–water partition coefficient (Wildman–Crippen LogP) is 4.80. The van der Waals surface area contributed by atoms with Crippen molar-refractivity contribution in [1.29, 1.82) is 0 Å². The van der Waals surface area contributed by atoms with Crippen LogP contribution >= 0.6 is 0 Å². The Bertz CT molecular complexity index is 959. The molecule has 0 saturated carbocycles. The number of nitrogens with one attached hydrogen (secondary N) is 1. The van der Waals surface area contributed by atoms with E-state index >= 15 is 0 Å². The summed E-state index contributed by atoms with van der Waals surface area (Å²) >= 11 is 0. The Labute approximate surface area is 152 Å². The lowest BCUT2D eigenvalue weighted by Gasteiger charge is -2.11. The lowest BCUT2D eigenvalue weighted by Crippen LogP contribution is -2.14. The Morgan fingerprint density at radius 1 is 1.04 bits per heavy atom. The first kappa shape index (κ1) is 17.7. The van der Waals surface area contributed by atoms with E-state index in [9.17, 15) is 9.18 Å². The number of nitrogens with zero attached hydrogens (tertiary/aromatic N) is 1. The number of carbonyl (C=O) groups is 1. The van der Waals surface area contributed by atoms with Crippen molar-refractivity contribution in [2.45, 2.75) is 20.8 Å². The molecule has 5 heteroatoms. The van der Waals surface area contributed by atoms with Gasteiger partial charge in [-0.3, -0.25) is 4.79 Å². The Kier molecular flexibility index (Phi) is 4.80. The maximum absolute atomic E-state index is 13.2. The Morgan fingerprint density at radius 2 is 1.73 bits per heavy atom. The Morgan fingerprint density at radius 3 is 2.35 bits per heavy atom. The number of amides is 1. The second-order valence-corrected chi connectivity index (χ2v) is 6.23. The molecule has 3 rings (SSSR count). The standard InChI is InChI=1S/C21H21FN2O2/c1-13-11-16(22)5-10-20(13)23-21(25)19-12-14(2)24(15(19)3)17-6-8-18(26-4)9-7-17/h5-12H,1-4H3,(H,23,25). The fraction of sp³-hybridized carbons (Fsp3) is 0.190. The van der Waals surface area contributed by atoms with Gasteiger partial charge < -0.3 is 14.6 Å². The molecule has 0 saturated heterocycles. The maximum atomic E-state index is 13.2. The van der Waals surface area contributed by atoms with Crippen molar-refractivity contribution in [3.05, 3.63) is 76.9 Å². The Hall–Kier alpha value is -3.08. The molecule has 134 valence electrons. The number of rotatable bonds is 4. The second-order valence-electron chi connectivity index (χ2n) is 6.23. The van der Waals surface area contributed by atoms with E-state index < -0.39 is 0 Å². The Balaban J connectivity index is 1.92. The largest absolute Gasteiger partial charge is 0.497 e. The zero-order valence-electron chi connectivity index (χ0n) is 15.3. The minimum absolute atomic E-state index is 0.215. The highest BCUT2D eigenvalue weighted by molar-refractivity contribution is 6.05. The summed E-state index contributed by atoms with van der Waals surface area (Å²) in [6.45, 7) is 5.63. The van der Waals surface area contributed by atoms with Gasteiger partial charge in [0.05, 0.1) is 12.7 Å². The topological polar surface area (TPSA) is 43.3 Å². The minimum Gasteiger partial charge on any atom is -0.497 e. The minimum atomic E-state index is -0.321. The zero-order valence-corrected chi connectivity index (χ0v) is 15.3. The fourth-order valence-electron chi connectivity index (χ4n) is 3.08. The van der Waals surface area contributed by atoms with Crippen molar-refractivity contribution in [2.24, 2.45) is 0 Å². The molecule has 0 spiro atoms. The second kappa shape index (κ2) is 7.04. The molecule has 0 fully saturated rings. The van der Waals surface area contributed by atoms with Crippen LogP contribution in [0.15, 0.2) is 48.5 Å². The third kappa shape index (κ3) is 3.33. The first-order valence-electron chi connectivity index (χ1n) is 8.31. The van der Waals surface area contributed by atoms with Crippen molar-refractivity contribution in [3.8, 4) is 11.4 Å². The SMILES string of the molecule is COc1ccc(-n2c(C)cc(C(=O)Nc3ccc(F)cc3C)c2C)cc1. The molecular weight excluding hydrogens is 331 g/mol. The molecule has 1 N–H and O–H groups in total. The predicted molar refractivity (Wildman–Crippen MR) is 101 cm³/mol. The quantitative estimate of drug-likeness (QED) is 0.733. The first-order chi connectivity index (χ1) is 12.4. The molecular formula is C21H21FN2O2. The van der Waals surface area contributed by atoms with Gasteiger partial charge in [-0.25, -0.2) is 4.39 Å². The van der Waals surface area contributed by atoms with Crippen LogP contribution < -0.4 is 10.1 Å². The summed E-state index contributed by atoms with van der Waals surface area (Å²) < 4.78 is 20.5. The number of ether oxygens (including phenoxy) is 1. The summed E-state index contributed by atoms with van der Waals surface area (Å²) in [5, 5.41) is 2.87. The molecule has 3 aromatic rings. The lowest BCUT2D eigenvalue weighted by molar-refractivity contribution is 0.102. The molecule has 1 aromatic heterocycles. The molecule has 0 aliphatic carbocycles. The van der Waals surface area contributed by atoms with E-state index in [4.69, 9.17) is 4.74 Å². The van der Waals surface area contributed by atoms with E-state index in [1.54, 1.807) is 20.1 Å². The molecule has 0 aliphatic heterocycles. The molecule has 0 radical (unpaired) electrons. The third-order valence-corrected chi connectivity index (χ3v) is 4.44. The molecule has 0 unspecified atom stereocenters. The zero-order chi connectivity index (χ0) is 18.8. The van der Waals surface area contributed by atoms with E-state index in [0.29, 0.717) is 16.8 Å². The summed E-state index contributed by atoms with van der Waals surface area (Å²) in [6.07, 6.45) is 0. The molecule has 2 aromatic carbocycles. The number of benzene rings is 2. The highest BCUT2D eigenvalue weighted by Gasteiger charge is 2.17. The molecule has 1 amide bonds. The van der Waals surface area contributed by atoms with Gasteiger partial charge in [-0.15, -0.1) is 0 Å². The van der Waals surface area contributed by atoms with E-state index in [1.165, 1.54) is 12.1 Å². The number of hydrogen-bond donors (Lipinski definition) is 1. The third-order valence-electron chi connectivity index (χ3n) is 4.44. The summed E-state index contributed by atoms with van der Waals surface area (Å²) in [4.78, 5) is 12.7. The van der Waals surface area contributed by atoms with Gasteiger partial charge in [0.2, 0.25) is 0 Å². The summed E-state index contributed by atoms with van der Waals surface area (Å²) in [7, 11) is 1.63. The van der Waals surface area contributed by atoms with Crippen LogP contribution in [-0.4, -0.2) is 17.6 Å². The monoisotopic (exact) mass is 352 g/mol. The number of aromatic nitrogens is 1. The molecule has 0 aliphatic rings. The van der Waals surface area contributed by atoms with Crippen molar-refractivity contribution in [2.75, 3.05) is 12.4 Å². The van der Waals surface area contributed by atoms with Gasteiger partial charge in [-0.1, -0.05) is 0 Å². The van der Waals surface area contributed by atoms with Crippen molar-refractivity contribution < 1.29 is 13.9 Å². The van der Waals surface area contributed by atoms with E-state index in [2.05, 4.69) is 5.32 Å². The first-order valence-corrected chi connectivity index (χ1v) is 8.31. The fourth-order valence-corrected chi connectivity index (χ4v) is 3.08. The number of aryl methyl sites for hydroxylation is 2. The van der Waals surface area contributed by atoms with Gasteiger partial charge in [0, 0.05) is 22.8 Å². The average molecular weight is 352 g/mol. The maximum Gasteiger partial charge on any atom is 0.257 e. The molecule has 26 heavy (non-hydrogen) atoms.